The maximum Gasteiger partial charge on any atom is 0.226 e. The summed E-state index contributed by atoms with van der Waals surface area (Å²) in [5, 5.41) is 16.3. The zero-order valence-electron chi connectivity index (χ0n) is 19.1. The quantitative estimate of drug-likeness (QED) is 0.443. The highest BCUT2D eigenvalue weighted by molar-refractivity contribution is 6.31. The van der Waals surface area contributed by atoms with Gasteiger partial charge in [-0.15, -0.1) is 0 Å². The number of carbonyl (C=O) groups excluding carboxylic acids is 1. The summed E-state index contributed by atoms with van der Waals surface area (Å²) in [4.78, 5) is 17.1. The van der Waals surface area contributed by atoms with Crippen molar-refractivity contribution < 1.29 is 4.79 Å². The monoisotopic (exact) mass is 463 g/mol. The van der Waals surface area contributed by atoms with Crippen LogP contribution in [0.1, 0.15) is 42.7 Å². The molecular formula is C26H30ClN5O. The number of benzene rings is 2. The molecule has 2 atom stereocenters. The Balaban J connectivity index is 1.57. The minimum absolute atomic E-state index is 0.0138. The predicted octanol–water partition coefficient (Wildman–Crippen LogP) is 4.32. The molecule has 7 heteroatoms. The maximum absolute atomic E-state index is 12.9. The molecule has 0 radical (unpaired) electrons. The third-order valence-electron chi connectivity index (χ3n) is 5.89. The van der Waals surface area contributed by atoms with E-state index in [0.29, 0.717) is 31.1 Å². The number of halogens is 1. The molecule has 3 aromatic rings. The van der Waals surface area contributed by atoms with Gasteiger partial charge in [0.1, 0.15) is 0 Å². The Morgan fingerprint density at radius 1 is 1.21 bits per heavy atom. The van der Waals surface area contributed by atoms with Crippen LogP contribution in [-0.2, 0) is 24.3 Å². The number of nitrogens with one attached hydrogen (secondary N) is 2. The molecule has 0 aliphatic rings. The second kappa shape index (κ2) is 12.2. The Hall–Kier alpha value is -3.14. The third-order valence-corrected chi connectivity index (χ3v) is 6.26. The van der Waals surface area contributed by atoms with E-state index in [1.165, 1.54) is 0 Å². The number of hydrogen-bond donors (Lipinski definition) is 2. The van der Waals surface area contributed by atoms with Gasteiger partial charge < -0.3 is 15.2 Å². The SMILES string of the molecule is CC[C@H](C)[C@@H](CNCc1ccccc1Cl)NC(=O)Cc1cncn1Cc1ccc(C#N)cc1. The van der Waals surface area contributed by atoms with Crippen molar-refractivity contribution in [1.29, 1.82) is 5.26 Å². The zero-order valence-corrected chi connectivity index (χ0v) is 19.8. The van der Waals surface area contributed by atoms with E-state index in [2.05, 4.69) is 35.5 Å². The molecule has 0 fully saturated rings. The average Bonchev–Trinajstić information content (AvgIpc) is 3.25. The molecule has 0 unspecified atom stereocenters. The molecular weight excluding hydrogens is 434 g/mol. The second-order valence-electron chi connectivity index (χ2n) is 8.28. The standard InChI is InChI=1S/C26H30ClN5O/c1-3-19(2)25(16-29-14-22-6-4-5-7-24(22)27)31-26(33)12-23-15-30-18-32(23)17-21-10-8-20(13-28)9-11-21/h4-11,15,18-19,25,29H,3,12,14,16-17H2,1-2H3,(H,31,33)/t19-,25+/m0/s1. The van der Waals surface area contributed by atoms with E-state index in [9.17, 15) is 4.79 Å². The Labute approximate surface area is 200 Å². The molecule has 1 aromatic heterocycles. The number of imidazole rings is 1. The average molecular weight is 464 g/mol. The van der Waals surface area contributed by atoms with Crippen LogP contribution in [-0.4, -0.2) is 28.0 Å². The van der Waals surface area contributed by atoms with E-state index in [1.54, 1.807) is 24.7 Å². The summed E-state index contributed by atoms with van der Waals surface area (Å²) in [6, 6.07) is 17.3. The number of amides is 1. The molecule has 2 aromatic carbocycles. The van der Waals surface area contributed by atoms with Crippen LogP contribution in [0.15, 0.2) is 61.1 Å². The topological polar surface area (TPSA) is 82.7 Å². The van der Waals surface area contributed by atoms with Gasteiger partial charge in [-0.3, -0.25) is 4.79 Å². The van der Waals surface area contributed by atoms with Crippen molar-refractivity contribution in [3.8, 4) is 6.07 Å². The van der Waals surface area contributed by atoms with Crippen LogP contribution in [0.2, 0.25) is 5.02 Å². The summed E-state index contributed by atoms with van der Waals surface area (Å²) in [6.07, 6.45) is 4.69. The zero-order chi connectivity index (χ0) is 23.6. The van der Waals surface area contributed by atoms with Gasteiger partial charge >= 0.3 is 0 Å². The van der Waals surface area contributed by atoms with E-state index in [4.69, 9.17) is 16.9 Å². The molecule has 0 aliphatic heterocycles. The second-order valence-corrected chi connectivity index (χ2v) is 8.69. The number of nitriles is 1. The molecule has 0 bridgehead atoms. The van der Waals surface area contributed by atoms with Crippen LogP contribution in [0.25, 0.3) is 0 Å². The Bertz CT molecular complexity index is 1090. The normalized spacial score (nSPS) is 12.7. The van der Waals surface area contributed by atoms with Gasteiger partial charge in [0.2, 0.25) is 5.91 Å². The number of rotatable bonds is 11. The van der Waals surface area contributed by atoms with Crippen molar-refractivity contribution in [1.82, 2.24) is 20.2 Å². The van der Waals surface area contributed by atoms with Crippen molar-refractivity contribution >= 4 is 17.5 Å². The third kappa shape index (κ3) is 7.18. The van der Waals surface area contributed by atoms with Crippen LogP contribution in [0.3, 0.4) is 0 Å². The Morgan fingerprint density at radius 2 is 1.97 bits per heavy atom. The Kier molecular flexibility index (Phi) is 9.05. The summed E-state index contributed by atoms with van der Waals surface area (Å²) in [6.45, 7) is 6.20. The summed E-state index contributed by atoms with van der Waals surface area (Å²) >= 11 is 6.25. The fraction of sp³-hybridized carbons (Fsp3) is 0.346. The largest absolute Gasteiger partial charge is 0.351 e. The van der Waals surface area contributed by atoms with Gasteiger partial charge in [-0.1, -0.05) is 62.2 Å². The van der Waals surface area contributed by atoms with Gasteiger partial charge in [0.15, 0.2) is 0 Å². The molecule has 2 N–H and O–H groups in total. The Morgan fingerprint density at radius 3 is 2.67 bits per heavy atom. The number of carbonyl (C=O) groups is 1. The van der Waals surface area contributed by atoms with Crippen molar-refractivity contribution in [3.05, 3.63) is 88.5 Å². The van der Waals surface area contributed by atoms with Crippen LogP contribution in [0, 0.1) is 17.2 Å². The van der Waals surface area contributed by atoms with E-state index in [-0.39, 0.29) is 18.4 Å². The maximum atomic E-state index is 12.9. The van der Waals surface area contributed by atoms with Crippen molar-refractivity contribution in [3.63, 3.8) is 0 Å². The minimum atomic E-state index is -0.0265. The highest BCUT2D eigenvalue weighted by atomic mass is 35.5. The summed E-state index contributed by atoms with van der Waals surface area (Å²) in [7, 11) is 0. The van der Waals surface area contributed by atoms with Crippen molar-refractivity contribution in [2.24, 2.45) is 5.92 Å². The van der Waals surface area contributed by atoms with Gasteiger partial charge in [-0.05, 0) is 35.2 Å². The van der Waals surface area contributed by atoms with Gasteiger partial charge in [0.05, 0.1) is 24.4 Å². The summed E-state index contributed by atoms with van der Waals surface area (Å²) in [5.74, 6) is 0.303. The first-order valence-electron chi connectivity index (χ1n) is 11.2. The number of aromatic nitrogens is 2. The fourth-order valence-corrected chi connectivity index (χ4v) is 3.83. The molecule has 0 spiro atoms. The predicted molar refractivity (Wildman–Crippen MR) is 131 cm³/mol. The van der Waals surface area contributed by atoms with Gasteiger partial charge in [-0.2, -0.15) is 5.26 Å². The first-order chi connectivity index (χ1) is 16.0. The van der Waals surface area contributed by atoms with Crippen LogP contribution in [0.5, 0.6) is 0 Å². The summed E-state index contributed by atoms with van der Waals surface area (Å²) in [5.41, 5.74) is 3.57. The molecule has 1 heterocycles. The van der Waals surface area contributed by atoms with Gasteiger partial charge in [0.25, 0.3) is 0 Å². The van der Waals surface area contributed by atoms with E-state index in [1.807, 2.05) is 41.0 Å². The van der Waals surface area contributed by atoms with Crippen LogP contribution < -0.4 is 10.6 Å². The van der Waals surface area contributed by atoms with Crippen LogP contribution in [0.4, 0.5) is 0 Å². The first-order valence-corrected chi connectivity index (χ1v) is 11.6. The van der Waals surface area contributed by atoms with Gasteiger partial charge in [0, 0.05) is 42.6 Å². The highest BCUT2D eigenvalue weighted by Gasteiger charge is 2.19. The smallest absolute Gasteiger partial charge is 0.226 e. The lowest BCUT2D eigenvalue weighted by Crippen LogP contribution is -2.46. The lowest BCUT2D eigenvalue weighted by atomic mass is 9.98. The molecule has 6 nitrogen and oxygen atoms in total. The van der Waals surface area contributed by atoms with Crippen molar-refractivity contribution in [2.75, 3.05) is 6.54 Å². The lowest BCUT2D eigenvalue weighted by molar-refractivity contribution is -0.121. The lowest BCUT2D eigenvalue weighted by Gasteiger charge is -2.25. The first kappa shape index (κ1) is 24.5. The van der Waals surface area contributed by atoms with E-state index < -0.39 is 0 Å². The minimum Gasteiger partial charge on any atom is -0.351 e. The number of nitrogens with zero attached hydrogens (tertiary/aromatic N) is 3. The molecule has 3 rings (SSSR count). The molecule has 172 valence electrons. The number of hydrogen-bond acceptors (Lipinski definition) is 4. The van der Waals surface area contributed by atoms with Crippen molar-refractivity contribution in [2.45, 2.75) is 45.8 Å². The van der Waals surface area contributed by atoms with Gasteiger partial charge in [-0.25, -0.2) is 4.98 Å². The molecule has 1 amide bonds. The fourth-order valence-electron chi connectivity index (χ4n) is 3.62. The van der Waals surface area contributed by atoms with E-state index in [0.717, 1.165) is 28.3 Å². The molecule has 0 saturated heterocycles. The van der Waals surface area contributed by atoms with Crippen LogP contribution >= 0.6 is 11.6 Å². The molecule has 33 heavy (non-hydrogen) atoms. The molecule has 0 saturated carbocycles. The summed E-state index contributed by atoms with van der Waals surface area (Å²) < 4.78 is 1.97. The van der Waals surface area contributed by atoms with E-state index >= 15 is 0 Å². The highest BCUT2D eigenvalue weighted by Crippen LogP contribution is 2.15. The molecule has 0 aliphatic carbocycles.